The summed E-state index contributed by atoms with van der Waals surface area (Å²) in [6.07, 6.45) is 5.92. The molecule has 0 unspecified atom stereocenters. The highest BCUT2D eigenvalue weighted by atomic mass is 28.4. The molecule has 0 saturated carbocycles. The third kappa shape index (κ3) is 3.27. The van der Waals surface area contributed by atoms with E-state index in [4.69, 9.17) is 9.16 Å². The molecule has 2 rings (SSSR count). The summed E-state index contributed by atoms with van der Waals surface area (Å²) >= 11 is 0. The van der Waals surface area contributed by atoms with E-state index >= 15 is 0 Å². The van der Waals surface area contributed by atoms with E-state index < -0.39 is 13.9 Å². The summed E-state index contributed by atoms with van der Waals surface area (Å²) in [5, 5.41) is 0.134. The van der Waals surface area contributed by atoms with E-state index in [0.29, 0.717) is 6.61 Å². The molecule has 1 aliphatic heterocycles. The number of hydrogen-bond donors (Lipinski definition) is 0. The Kier molecular flexibility index (Phi) is 4.80. The van der Waals surface area contributed by atoms with E-state index in [9.17, 15) is 0 Å². The Morgan fingerprint density at radius 1 is 1.27 bits per heavy atom. The van der Waals surface area contributed by atoms with Crippen LogP contribution in [-0.2, 0) is 9.16 Å². The summed E-state index contributed by atoms with van der Waals surface area (Å²) in [6.45, 7) is 16.0. The lowest BCUT2D eigenvalue weighted by Gasteiger charge is -2.47. The van der Waals surface area contributed by atoms with Crippen molar-refractivity contribution in [3.63, 3.8) is 0 Å². The highest BCUT2D eigenvalue weighted by molar-refractivity contribution is 6.74. The molecule has 0 N–H and O–H groups in total. The fraction of sp³-hybridized carbons (Fsp3) is 0.474. The lowest BCUT2D eigenvalue weighted by molar-refractivity contribution is -0.0517. The van der Waals surface area contributed by atoms with Crippen molar-refractivity contribution in [2.45, 2.75) is 50.6 Å². The normalized spacial score (nSPS) is 26.0. The average Bonchev–Trinajstić information content (AvgIpc) is 2.47. The Bertz CT molecular complexity index is 542. The molecule has 1 heterocycles. The van der Waals surface area contributed by atoms with Gasteiger partial charge in [0.25, 0.3) is 0 Å². The third-order valence-corrected chi connectivity index (χ3v) is 9.28. The maximum Gasteiger partial charge on any atom is 0.193 e. The van der Waals surface area contributed by atoms with Gasteiger partial charge in [0.05, 0.1) is 6.61 Å². The van der Waals surface area contributed by atoms with Gasteiger partial charge in [0.1, 0.15) is 11.7 Å². The molecule has 0 radical (unpaired) electrons. The Hall–Kier alpha value is -1.16. The van der Waals surface area contributed by atoms with Gasteiger partial charge in [-0.2, -0.15) is 0 Å². The third-order valence-electron chi connectivity index (χ3n) is 4.81. The Morgan fingerprint density at radius 2 is 1.91 bits per heavy atom. The first-order valence-corrected chi connectivity index (χ1v) is 10.8. The molecule has 22 heavy (non-hydrogen) atoms. The molecular formula is C19H28O2Si. The molecule has 0 saturated heterocycles. The van der Waals surface area contributed by atoms with Crippen molar-refractivity contribution in [3.05, 3.63) is 60.7 Å². The van der Waals surface area contributed by atoms with Crippen LogP contribution in [0.25, 0.3) is 0 Å². The molecule has 120 valence electrons. The van der Waals surface area contributed by atoms with Gasteiger partial charge in [0, 0.05) is 0 Å². The van der Waals surface area contributed by atoms with Crippen LogP contribution in [0.3, 0.4) is 0 Å². The van der Waals surface area contributed by atoms with Crippen molar-refractivity contribution in [3.8, 4) is 0 Å². The highest BCUT2D eigenvalue weighted by Crippen LogP contribution is 2.45. The molecule has 0 aromatic heterocycles. The van der Waals surface area contributed by atoms with E-state index in [1.54, 1.807) is 0 Å². The Morgan fingerprint density at radius 3 is 2.45 bits per heavy atom. The number of benzene rings is 1. The van der Waals surface area contributed by atoms with Crippen LogP contribution in [0, 0.1) is 0 Å². The molecule has 1 aromatic carbocycles. The van der Waals surface area contributed by atoms with Gasteiger partial charge < -0.3 is 9.16 Å². The lowest BCUT2D eigenvalue weighted by Crippen LogP contribution is -2.52. The molecule has 0 fully saturated rings. The standard InChI is InChI=1S/C19H28O2Si/c1-7-19(21-22(5,6)18(2,3)4)14-11-15-20-17(19)16-12-9-8-10-13-16/h7-14,17H,1,15H2,2-6H3/t17-,19-/m1/s1. The fourth-order valence-electron chi connectivity index (χ4n) is 2.49. The maximum atomic E-state index is 6.76. The molecule has 0 aliphatic carbocycles. The van der Waals surface area contributed by atoms with Crippen molar-refractivity contribution in [2.24, 2.45) is 0 Å². The summed E-state index contributed by atoms with van der Waals surface area (Å²) in [7, 11) is -1.96. The first-order chi connectivity index (χ1) is 10.2. The molecule has 0 amide bonds. The van der Waals surface area contributed by atoms with Crippen molar-refractivity contribution < 1.29 is 9.16 Å². The first-order valence-electron chi connectivity index (χ1n) is 7.90. The average molecular weight is 317 g/mol. The monoisotopic (exact) mass is 316 g/mol. The van der Waals surface area contributed by atoms with Gasteiger partial charge in [-0.25, -0.2) is 0 Å². The minimum absolute atomic E-state index is 0.134. The summed E-state index contributed by atoms with van der Waals surface area (Å²) < 4.78 is 12.8. The van der Waals surface area contributed by atoms with Crippen LogP contribution in [0.1, 0.15) is 32.4 Å². The van der Waals surface area contributed by atoms with Gasteiger partial charge in [-0.05, 0) is 29.8 Å². The van der Waals surface area contributed by atoms with Gasteiger partial charge in [-0.3, -0.25) is 0 Å². The van der Waals surface area contributed by atoms with Crippen molar-refractivity contribution in [1.82, 2.24) is 0 Å². The number of hydrogen-bond acceptors (Lipinski definition) is 2. The first kappa shape index (κ1) is 17.2. The molecular weight excluding hydrogens is 288 g/mol. The molecule has 2 atom stereocenters. The van der Waals surface area contributed by atoms with Gasteiger partial charge in [-0.15, -0.1) is 0 Å². The molecule has 0 spiro atoms. The molecule has 1 aliphatic rings. The van der Waals surface area contributed by atoms with Gasteiger partial charge in [0.2, 0.25) is 0 Å². The SMILES string of the molecule is C=C[C@@]1(O[Si](C)(C)C(C)(C)C)C=CCO[C@@H]1c1ccccc1. The predicted octanol–water partition coefficient (Wildman–Crippen LogP) is 5.26. The minimum Gasteiger partial charge on any atom is -0.402 e. The highest BCUT2D eigenvalue weighted by Gasteiger charge is 2.47. The zero-order valence-electron chi connectivity index (χ0n) is 14.4. The second-order valence-corrected chi connectivity index (χ2v) is 12.2. The molecule has 2 nitrogen and oxygen atoms in total. The van der Waals surface area contributed by atoms with Crippen LogP contribution < -0.4 is 0 Å². The van der Waals surface area contributed by atoms with E-state index in [0.717, 1.165) is 5.56 Å². The number of rotatable bonds is 4. The van der Waals surface area contributed by atoms with E-state index in [1.807, 2.05) is 30.4 Å². The molecule has 1 aromatic rings. The van der Waals surface area contributed by atoms with Crippen LogP contribution in [0.15, 0.2) is 55.1 Å². The zero-order chi connectivity index (χ0) is 16.4. The van der Waals surface area contributed by atoms with Gasteiger partial charge in [-0.1, -0.05) is 69.8 Å². The summed E-state index contributed by atoms with van der Waals surface area (Å²) in [4.78, 5) is 0. The molecule has 0 bridgehead atoms. The van der Waals surface area contributed by atoms with E-state index in [2.05, 4.69) is 58.7 Å². The van der Waals surface area contributed by atoms with Crippen molar-refractivity contribution >= 4 is 8.32 Å². The van der Waals surface area contributed by atoms with E-state index in [-0.39, 0.29) is 11.1 Å². The van der Waals surface area contributed by atoms with Crippen LogP contribution in [-0.4, -0.2) is 20.5 Å². The van der Waals surface area contributed by atoms with Crippen LogP contribution in [0.4, 0.5) is 0 Å². The second kappa shape index (κ2) is 6.15. The minimum atomic E-state index is -1.96. The smallest absolute Gasteiger partial charge is 0.193 e. The lowest BCUT2D eigenvalue weighted by atomic mass is 9.89. The Balaban J connectivity index is 2.43. The van der Waals surface area contributed by atoms with Crippen LogP contribution >= 0.6 is 0 Å². The Labute approximate surface area is 136 Å². The van der Waals surface area contributed by atoms with Gasteiger partial charge in [0.15, 0.2) is 8.32 Å². The van der Waals surface area contributed by atoms with Crippen LogP contribution in [0.5, 0.6) is 0 Å². The van der Waals surface area contributed by atoms with E-state index in [1.165, 1.54) is 0 Å². The van der Waals surface area contributed by atoms with Crippen molar-refractivity contribution in [2.75, 3.05) is 6.61 Å². The topological polar surface area (TPSA) is 18.5 Å². The zero-order valence-corrected chi connectivity index (χ0v) is 15.4. The summed E-state index contributed by atoms with van der Waals surface area (Å²) in [5.41, 5.74) is 0.535. The van der Waals surface area contributed by atoms with Crippen molar-refractivity contribution in [1.29, 1.82) is 0 Å². The summed E-state index contributed by atoms with van der Waals surface area (Å²) in [5.74, 6) is 0. The largest absolute Gasteiger partial charge is 0.402 e. The second-order valence-electron chi connectivity index (χ2n) is 7.45. The summed E-state index contributed by atoms with van der Waals surface area (Å²) in [6, 6.07) is 10.3. The maximum absolute atomic E-state index is 6.76. The molecule has 3 heteroatoms. The number of ether oxygens (including phenoxy) is 1. The fourth-order valence-corrected chi connectivity index (χ4v) is 3.93. The van der Waals surface area contributed by atoms with Gasteiger partial charge >= 0.3 is 0 Å². The predicted molar refractivity (Wildman–Crippen MR) is 95.5 cm³/mol. The van der Waals surface area contributed by atoms with Crippen LogP contribution in [0.2, 0.25) is 18.1 Å². The quantitative estimate of drug-likeness (QED) is 0.557.